The lowest BCUT2D eigenvalue weighted by atomic mass is 10.4. The van der Waals surface area contributed by atoms with Gasteiger partial charge in [0.05, 0.1) is 6.20 Å². The maximum absolute atomic E-state index is 11.0. The lowest BCUT2D eigenvalue weighted by molar-refractivity contribution is 0.101. The molecule has 0 aliphatic rings. The van der Waals surface area contributed by atoms with Crippen LogP contribution in [0.4, 0.5) is 0 Å². The molecule has 0 radical (unpaired) electrons. The molecule has 0 saturated heterocycles. The first-order chi connectivity index (χ1) is 6.66. The molecule has 0 aromatic carbocycles. The zero-order valence-electron chi connectivity index (χ0n) is 7.15. The highest BCUT2D eigenvalue weighted by atomic mass is 35.5. The molecule has 72 valence electrons. The highest BCUT2D eigenvalue weighted by Crippen LogP contribution is 2.30. The van der Waals surface area contributed by atoms with E-state index in [1.807, 2.05) is 0 Å². The van der Waals surface area contributed by atoms with E-state index in [0.717, 1.165) is 10.0 Å². The van der Waals surface area contributed by atoms with Gasteiger partial charge >= 0.3 is 0 Å². The average Bonchev–Trinajstić information content (AvgIpc) is 2.70. The molecule has 3 nitrogen and oxygen atoms in total. The van der Waals surface area contributed by atoms with E-state index in [2.05, 4.69) is 9.97 Å². The van der Waals surface area contributed by atoms with Crippen LogP contribution in [0.5, 0.6) is 0 Å². The molecule has 0 N–H and O–H groups in total. The summed E-state index contributed by atoms with van der Waals surface area (Å²) >= 11 is 8.50. The number of carbonyl (C=O) groups is 1. The highest BCUT2D eigenvalue weighted by molar-refractivity contribution is 7.23. The van der Waals surface area contributed by atoms with Crippen LogP contribution in [0, 0.1) is 0 Å². The molecular weight excluding hydrogens is 240 g/mol. The Labute approximate surface area is 93.4 Å². The molecular formula is C8H5ClN2OS2. The van der Waals surface area contributed by atoms with Crippen molar-refractivity contribution >= 4 is 40.1 Å². The largest absolute Gasteiger partial charge is 0.293 e. The fourth-order valence-electron chi connectivity index (χ4n) is 0.887. The standard InChI is InChI=1S/C8H5ClN2OS2/c1-4(12)5-3-13-8(11-5)7-10-2-6(9)14-7/h2-3H,1H3. The van der Waals surface area contributed by atoms with Gasteiger partial charge in [0.15, 0.2) is 15.8 Å². The van der Waals surface area contributed by atoms with Gasteiger partial charge in [-0.2, -0.15) is 0 Å². The van der Waals surface area contributed by atoms with Crippen molar-refractivity contribution in [3.05, 3.63) is 21.6 Å². The summed E-state index contributed by atoms with van der Waals surface area (Å²) < 4.78 is 0.625. The van der Waals surface area contributed by atoms with Gasteiger partial charge in [0.25, 0.3) is 0 Å². The van der Waals surface area contributed by atoms with Gasteiger partial charge in [-0.05, 0) is 0 Å². The molecule has 14 heavy (non-hydrogen) atoms. The summed E-state index contributed by atoms with van der Waals surface area (Å²) in [4.78, 5) is 19.2. The first-order valence-corrected chi connectivity index (χ1v) is 5.82. The van der Waals surface area contributed by atoms with Gasteiger partial charge in [-0.15, -0.1) is 11.3 Å². The minimum absolute atomic E-state index is 0.0323. The van der Waals surface area contributed by atoms with Crippen LogP contribution in [0.15, 0.2) is 11.6 Å². The van der Waals surface area contributed by atoms with Gasteiger partial charge in [0, 0.05) is 12.3 Å². The fraction of sp³-hybridized carbons (Fsp3) is 0.125. The van der Waals surface area contributed by atoms with E-state index in [1.165, 1.54) is 29.6 Å². The molecule has 0 bridgehead atoms. The third-order valence-electron chi connectivity index (χ3n) is 1.53. The van der Waals surface area contributed by atoms with E-state index in [4.69, 9.17) is 11.6 Å². The van der Waals surface area contributed by atoms with Crippen molar-refractivity contribution in [2.45, 2.75) is 6.92 Å². The Morgan fingerprint density at radius 1 is 1.50 bits per heavy atom. The molecule has 2 aromatic rings. The molecule has 0 unspecified atom stereocenters. The Bertz CT molecular complexity index is 477. The van der Waals surface area contributed by atoms with Crippen LogP contribution in [0.1, 0.15) is 17.4 Å². The number of Topliss-reactive ketones (excluding diaryl/α,β-unsaturated/α-hetero) is 1. The predicted octanol–water partition coefficient (Wildman–Crippen LogP) is 3.12. The van der Waals surface area contributed by atoms with E-state index in [9.17, 15) is 4.79 Å². The van der Waals surface area contributed by atoms with Crippen molar-refractivity contribution in [3.63, 3.8) is 0 Å². The van der Waals surface area contributed by atoms with Crippen LogP contribution >= 0.6 is 34.3 Å². The van der Waals surface area contributed by atoms with Crippen molar-refractivity contribution in [2.24, 2.45) is 0 Å². The smallest absolute Gasteiger partial charge is 0.178 e. The summed E-state index contributed by atoms with van der Waals surface area (Å²) in [6.07, 6.45) is 1.58. The normalized spacial score (nSPS) is 10.4. The number of halogens is 1. The third kappa shape index (κ3) is 1.84. The number of rotatable bonds is 2. The Morgan fingerprint density at radius 2 is 2.29 bits per heavy atom. The molecule has 0 fully saturated rings. The van der Waals surface area contributed by atoms with Crippen molar-refractivity contribution in [1.82, 2.24) is 9.97 Å². The maximum Gasteiger partial charge on any atom is 0.178 e. The molecule has 0 spiro atoms. The molecule has 0 atom stereocenters. The van der Waals surface area contributed by atoms with Crippen molar-refractivity contribution in [1.29, 1.82) is 0 Å². The number of thiazole rings is 2. The molecule has 2 heterocycles. The SMILES string of the molecule is CC(=O)c1csc(-c2ncc(Cl)s2)n1. The fourth-order valence-corrected chi connectivity index (χ4v) is 2.70. The van der Waals surface area contributed by atoms with Crippen LogP contribution in [0.3, 0.4) is 0 Å². The monoisotopic (exact) mass is 244 g/mol. The second kappa shape index (κ2) is 3.76. The molecule has 0 amide bonds. The number of carbonyl (C=O) groups excluding carboxylic acids is 1. The molecule has 0 saturated carbocycles. The lowest BCUT2D eigenvalue weighted by Gasteiger charge is -1.85. The molecule has 0 aliphatic heterocycles. The van der Waals surface area contributed by atoms with E-state index in [0.29, 0.717) is 10.0 Å². The van der Waals surface area contributed by atoms with Gasteiger partial charge in [-0.25, -0.2) is 9.97 Å². The minimum atomic E-state index is -0.0323. The second-order valence-electron chi connectivity index (χ2n) is 2.56. The second-order valence-corrected chi connectivity index (χ2v) is 5.08. The summed E-state index contributed by atoms with van der Waals surface area (Å²) in [5.74, 6) is -0.0323. The number of hydrogen-bond donors (Lipinski definition) is 0. The van der Waals surface area contributed by atoms with E-state index in [1.54, 1.807) is 11.6 Å². The minimum Gasteiger partial charge on any atom is -0.293 e. The number of ketones is 1. The Kier molecular flexibility index (Phi) is 2.62. The summed E-state index contributed by atoms with van der Waals surface area (Å²) in [7, 11) is 0. The van der Waals surface area contributed by atoms with Crippen LogP contribution < -0.4 is 0 Å². The Balaban J connectivity index is 2.38. The van der Waals surface area contributed by atoms with E-state index >= 15 is 0 Å². The Morgan fingerprint density at radius 3 is 2.79 bits per heavy atom. The van der Waals surface area contributed by atoms with Gasteiger partial charge < -0.3 is 0 Å². The van der Waals surface area contributed by atoms with Crippen LogP contribution in [-0.4, -0.2) is 15.8 Å². The zero-order valence-corrected chi connectivity index (χ0v) is 9.54. The quantitative estimate of drug-likeness (QED) is 0.763. The Hall–Kier alpha value is -0.780. The molecule has 6 heteroatoms. The van der Waals surface area contributed by atoms with Crippen LogP contribution in [-0.2, 0) is 0 Å². The van der Waals surface area contributed by atoms with Gasteiger partial charge in [0.1, 0.15) is 10.0 Å². The van der Waals surface area contributed by atoms with E-state index in [-0.39, 0.29) is 5.78 Å². The van der Waals surface area contributed by atoms with Gasteiger partial charge in [-0.1, -0.05) is 22.9 Å². The predicted molar refractivity (Wildman–Crippen MR) is 58.2 cm³/mol. The third-order valence-corrected chi connectivity index (χ3v) is 3.63. The van der Waals surface area contributed by atoms with Crippen molar-refractivity contribution in [2.75, 3.05) is 0 Å². The van der Waals surface area contributed by atoms with Crippen LogP contribution in [0.25, 0.3) is 10.0 Å². The molecule has 0 aliphatic carbocycles. The summed E-state index contributed by atoms with van der Waals surface area (Å²) in [6.45, 7) is 1.49. The first-order valence-electron chi connectivity index (χ1n) is 3.75. The highest BCUT2D eigenvalue weighted by Gasteiger charge is 2.10. The van der Waals surface area contributed by atoms with Gasteiger partial charge in [0.2, 0.25) is 0 Å². The topological polar surface area (TPSA) is 42.9 Å². The number of hydrogen-bond acceptors (Lipinski definition) is 5. The summed E-state index contributed by atoms with van der Waals surface area (Å²) in [6, 6.07) is 0. The average molecular weight is 245 g/mol. The van der Waals surface area contributed by atoms with E-state index < -0.39 is 0 Å². The van der Waals surface area contributed by atoms with Crippen LogP contribution in [0.2, 0.25) is 4.34 Å². The molecule has 2 aromatic heterocycles. The summed E-state index contributed by atoms with van der Waals surface area (Å²) in [5, 5.41) is 3.23. The summed E-state index contributed by atoms with van der Waals surface area (Å²) in [5.41, 5.74) is 0.483. The van der Waals surface area contributed by atoms with Crippen molar-refractivity contribution < 1.29 is 4.79 Å². The number of nitrogens with zero attached hydrogens (tertiary/aromatic N) is 2. The first kappa shape index (κ1) is 9.76. The zero-order chi connectivity index (χ0) is 10.1. The lowest BCUT2D eigenvalue weighted by Crippen LogP contribution is -1.90. The number of aromatic nitrogens is 2. The maximum atomic E-state index is 11.0. The van der Waals surface area contributed by atoms with Gasteiger partial charge in [-0.3, -0.25) is 4.79 Å². The molecule has 2 rings (SSSR count). The van der Waals surface area contributed by atoms with Crippen molar-refractivity contribution in [3.8, 4) is 10.0 Å².